The molecule has 1 N–H and O–H groups in total. The Balaban J connectivity index is 1.35. The molecule has 9 heteroatoms. The average molecular weight is 618 g/mol. The third-order valence-electron chi connectivity index (χ3n) is 7.36. The summed E-state index contributed by atoms with van der Waals surface area (Å²) in [5.74, 6) is 0.909. The molecule has 1 fully saturated rings. The van der Waals surface area contributed by atoms with Gasteiger partial charge in [0.05, 0.1) is 16.8 Å². The van der Waals surface area contributed by atoms with Crippen molar-refractivity contribution in [2.75, 3.05) is 0 Å². The van der Waals surface area contributed by atoms with Crippen molar-refractivity contribution in [1.82, 2.24) is 20.1 Å². The van der Waals surface area contributed by atoms with Crippen molar-refractivity contribution in [1.29, 1.82) is 0 Å². The van der Waals surface area contributed by atoms with Crippen LogP contribution in [-0.2, 0) is 17.0 Å². The normalized spacial score (nSPS) is 16.6. The summed E-state index contributed by atoms with van der Waals surface area (Å²) in [6.07, 6.45) is 1.32. The van der Waals surface area contributed by atoms with Crippen molar-refractivity contribution in [3.8, 4) is 5.69 Å². The number of hydrogen-bond acceptors (Lipinski definition) is 4. The van der Waals surface area contributed by atoms with Crippen LogP contribution in [-0.4, -0.2) is 20.7 Å². The van der Waals surface area contributed by atoms with Gasteiger partial charge in [0.1, 0.15) is 5.82 Å². The first-order valence-corrected chi connectivity index (χ1v) is 15.4. The van der Waals surface area contributed by atoms with Crippen LogP contribution in [0, 0.1) is 11.7 Å². The van der Waals surface area contributed by atoms with Crippen molar-refractivity contribution in [3.63, 3.8) is 0 Å². The molecule has 0 spiro atoms. The first kappa shape index (κ1) is 28.5. The zero-order valence-electron chi connectivity index (χ0n) is 22.5. The van der Waals surface area contributed by atoms with Crippen molar-refractivity contribution >= 4 is 40.9 Å². The molecular formula is C33H27Cl2FN4OS. The lowest BCUT2D eigenvalue weighted by Gasteiger charge is -2.21. The largest absolute Gasteiger partial charge is 0.345 e. The maximum absolute atomic E-state index is 13.6. The van der Waals surface area contributed by atoms with Crippen LogP contribution in [0.5, 0.6) is 0 Å². The summed E-state index contributed by atoms with van der Waals surface area (Å²) in [6, 6.07) is 31.3. The van der Waals surface area contributed by atoms with Gasteiger partial charge in [-0.3, -0.25) is 9.36 Å². The maximum atomic E-state index is 13.6. The third kappa shape index (κ3) is 6.54. The molecule has 3 unspecified atom stereocenters. The molecule has 1 saturated carbocycles. The Labute approximate surface area is 258 Å². The molecule has 0 aliphatic heterocycles. The number of thioether (sulfide) groups is 1. The molecule has 5 nitrogen and oxygen atoms in total. The molecule has 42 heavy (non-hydrogen) atoms. The summed E-state index contributed by atoms with van der Waals surface area (Å²) >= 11 is 14.4. The average Bonchev–Trinajstić information content (AvgIpc) is 3.71. The summed E-state index contributed by atoms with van der Waals surface area (Å²) in [5.41, 5.74) is 3.82. The fraction of sp³-hybridized carbons (Fsp3) is 0.182. The number of carbonyl (C=O) groups is 1. The molecule has 1 aromatic heterocycles. The lowest BCUT2D eigenvalue weighted by Crippen LogP contribution is -2.33. The number of rotatable bonds is 10. The monoisotopic (exact) mass is 616 g/mol. The SMILES string of the molecule is O=C(NC(Cc1ccccc1)c1nnc(SCc2ccc(F)cc2)n1-c1ccc(Cl)cc1Cl)C1CC1c1ccccc1. The van der Waals surface area contributed by atoms with E-state index in [1.54, 1.807) is 24.3 Å². The molecule has 1 aliphatic rings. The molecule has 212 valence electrons. The summed E-state index contributed by atoms with van der Waals surface area (Å²) in [5, 5.41) is 14.0. The summed E-state index contributed by atoms with van der Waals surface area (Å²) in [4.78, 5) is 13.6. The second-order valence-corrected chi connectivity index (χ2v) is 12.1. The molecule has 0 saturated heterocycles. The number of aromatic nitrogens is 3. The minimum absolute atomic E-state index is 0.0120. The fourth-order valence-corrected chi connectivity index (χ4v) is 6.51. The summed E-state index contributed by atoms with van der Waals surface area (Å²) in [6.45, 7) is 0. The molecule has 1 amide bonds. The van der Waals surface area contributed by atoms with Crippen molar-refractivity contribution in [3.05, 3.63) is 142 Å². The number of benzene rings is 4. The molecule has 0 bridgehead atoms. The highest BCUT2D eigenvalue weighted by molar-refractivity contribution is 7.98. The van der Waals surface area contributed by atoms with Gasteiger partial charge >= 0.3 is 0 Å². The number of nitrogens with one attached hydrogen (secondary N) is 1. The third-order valence-corrected chi connectivity index (χ3v) is 8.89. The lowest BCUT2D eigenvalue weighted by atomic mass is 10.0. The molecule has 1 heterocycles. The number of nitrogens with zero attached hydrogens (tertiary/aromatic N) is 3. The van der Waals surface area contributed by atoms with Crippen LogP contribution in [0.15, 0.2) is 108 Å². The van der Waals surface area contributed by atoms with Gasteiger partial charge in [-0.2, -0.15) is 0 Å². The van der Waals surface area contributed by atoms with E-state index >= 15 is 0 Å². The van der Waals surface area contributed by atoms with Crippen molar-refractivity contribution < 1.29 is 9.18 Å². The van der Waals surface area contributed by atoms with Gasteiger partial charge in [-0.15, -0.1) is 10.2 Å². The van der Waals surface area contributed by atoms with E-state index in [9.17, 15) is 9.18 Å². The minimum Gasteiger partial charge on any atom is -0.345 e. The van der Waals surface area contributed by atoms with Crippen LogP contribution in [0.25, 0.3) is 5.69 Å². The Hall–Kier alpha value is -3.65. The Morgan fingerprint density at radius 2 is 1.64 bits per heavy atom. The summed E-state index contributed by atoms with van der Waals surface area (Å²) < 4.78 is 15.4. The topological polar surface area (TPSA) is 59.8 Å². The predicted octanol–water partition coefficient (Wildman–Crippen LogP) is 8.21. The van der Waals surface area contributed by atoms with Gasteiger partial charge in [-0.25, -0.2) is 4.39 Å². The fourth-order valence-electron chi connectivity index (χ4n) is 5.11. The van der Waals surface area contributed by atoms with E-state index in [1.165, 1.54) is 29.5 Å². The van der Waals surface area contributed by atoms with Gasteiger partial charge < -0.3 is 5.32 Å². The Bertz CT molecular complexity index is 1680. The van der Waals surface area contributed by atoms with Gasteiger partial charge in [0, 0.05) is 16.7 Å². The maximum Gasteiger partial charge on any atom is 0.224 e. The van der Waals surface area contributed by atoms with E-state index < -0.39 is 6.04 Å². The zero-order valence-corrected chi connectivity index (χ0v) is 24.8. The number of hydrogen-bond donors (Lipinski definition) is 1. The van der Waals surface area contributed by atoms with Crippen LogP contribution in [0.2, 0.25) is 10.0 Å². The molecule has 0 radical (unpaired) electrons. The highest BCUT2D eigenvalue weighted by Crippen LogP contribution is 2.47. The van der Waals surface area contributed by atoms with Crippen LogP contribution < -0.4 is 5.32 Å². The second-order valence-electron chi connectivity index (χ2n) is 10.3. The minimum atomic E-state index is -0.476. The van der Waals surface area contributed by atoms with E-state index in [4.69, 9.17) is 23.2 Å². The first-order chi connectivity index (χ1) is 20.5. The van der Waals surface area contributed by atoms with Crippen LogP contribution in [0.4, 0.5) is 4.39 Å². The van der Waals surface area contributed by atoms with Gasteiger partial charge in [0.2, 0.25) is 5.91 Å². The van der Waals surface area contributed by atoms with Gasteiger partial charge in [0.15, 0.2) is 11.0 Å². The smallest absolute Gasteiger partial charge is 0.224 e. The Kier molecular flexibility index (Phi) is 8.60. The van der Waals surface area contributed by atoms with E-state index in [-0.39, 0.29) is 23.6 Å². The Morgan fingerprint density at radius 3 is 2.36 bits per heavy atom. The van der Waals surface area contributed by atoms with Crippen LogP contribution >= 0.6 is 35.0 Å². The van der Waals surface area contributed by atoms with Crippen molar-refractivity contribution in [2.24, 2.45) is 5.92 Å². The molecule has 6 rings (SSSR count). The number of halogens is 3. The predicted molar refractivity (Wildman–Crippen MR) is 166 cm³/mol. The molecule has 4 aromatic carbocycles. The second kappa shape index (κ2) is 12.7. The highest BCUT2D eigenvalue weighted by atomic mass is 35.5. The van der Waals surface area contributed by atoms with E-state index in [0.717, 1.165) is 17.5 Å². The van der Waals surface area contributed by atoms with E-state index in [0.29, 0.717) is 38.9 Å². The number of amides is 1. The van der Waals surface area contributed by atoms with Gasteiger partial charge in [-0.05, 0) is 65.8 Å². The van der Waals surface area contributed by atoms with E-state index in [1.807, 2.05) is 59.2 Å². The van der Waals surface area contributed by atoms with Crippen LogP contribution in [0.1, 0.15) is 40.9 Å². The molecule has 1 aliphatic carbocycles. The van der Waals surface area contributed by atoms with Gasteiger partial charge in [-0.1, -0.05) is 108 Å². The van der Waals surface area contributed by atoms with Crippen molar-refractivity contribution in [2.45, 2.75) is 35.7 Å². The zero-order chi connectivity index (χ0) is 29.1. The first-order valence-electron chi connectivity index (χ1n) is 13.6. The summed E-state index contributed by atoms with van der Waals surface area (Å²) in [7, 11) is 0. The number of carbonyl (C=O) groups excluding carboxylic acids is 1. The standard InChI is InChI=1S/C33H27Cl2FN4OS/c34-24-13-16-30(28(35)18-24)40-31(38-39-33(40)42-20-22-11-14-25(36)15-12-22)29(17-21-7-3-1-4-8-21)37-32(41)27-19-26(27)23-9-5-2-6-10-23/h1-16,18,26-27,29H,17,19-20H2,(H,37,41). The van der Waals surface area contributed by atoms with Gasteiger partial charge in [0.25, 0.3) is 0 Å². The van der Waals surface area contributed by atoms with Crippen LogP contribution in [0.3, 0.4) is 0 Å². The highest BCUT2D eigenvalue weighted by Gasteiger charge is 2.44. The molecule has 3 atom stereocenters. The molecule has 5 aromatic rings. The molecular weight excluding hydrogens is 590 g/mol. The Morgan fingerprint density at radius 1 is 0.929 bits per heavy atom. The van der Waals surface area contributed by atoms with E-state index in [2.05, 4.69) is 27.6 Å². The quantitative estimate of drug-likeness (QED) is 0.161. The lowest BCUT2D eigenvalue weighted by molar-refractivity contribution is -0.123.